The third-order valence-electron chi connectivity index (χ3n) is 4.05. The highest BCUT2D eigenvalue weighted by Gasteiger charge is 2.19. The molecule has 1 aromatic rings. The first-order valence-corrected chi connectivity index (χ1v) is 7.96. The van der Waals surface area contributed by atoms with Gasteiger partial charge in [-0.3, -0.25) is 0 Å². The Bertz CT molecular complexity index is 425. The molecule has 1 aromatic carbocycles. The molecule has 118 valence electrons. The molecular weight excluding hydrogens is 264 g/mol. The van der Waals surface area contributed by atoms with E-state index in [4.69, 9.17) is 4.74 Å². The summed E-state index contributed by atoms with van der Waals surface area (Å²) in [5, 5.41) is 13.3. The van der Waals surface area contributed by atoms with Crippen molar-refractivity contribution < 1.29 is 9.84 Å². The number of aliphatic hydroxyl groups is 1. The van der Waals surface area contributed by atoms with Gasteiger partial charge in [0.05, 0.1) is 0 Å². The van der Waals surface area contributed by atoms with Crippen molar-refractivity contribution in [3.63, 3.8) is 0 Å². The Morgan fingerprint density at radius 3 is 3.05 bits per heavy atom. The number of rotatable bonds is 8. The summed E-state index contributed by atoms with van der Waals surface area (Å²) in [4.78, 5) is 2.35. The van der Waals surface area contributed by atoms with Crippen LogP contribution in [0, 0.1) is 5.92 Å². The SMILES string of the molecule is CCc1cccc(OCC(O)CNCC2CCN(C)C2)c1. The summed E-state index contributed by atoms with van der Waals surface area (Å²) in [5.74, 6) is 1.55. The van der Waals surface area contributed by atoms with Gasteiger partial charge in [-0.1, -0.05) is 19.1 Å². The van der Waals surface area contributed by atoms with Gasteiger partial charge in [0.1, 0.15) is 18.5 Å². The number of aliphatic hydroxyl groups excluding tert-OH is 1. The molecule has 2 N–H and O–H groups in total. The molecule has 1 saturated heterocycles. The van der Waals surface area contributed by atoms with Crippen LogP contribution in [0.25, 0.3) is 0 Å². The first kappa shape index (κ1) is 16.3. The van der Waals surface area contributed by atoms with E-state index in [0.717, 1.165) is 25.3 Å². The Hall–Kier alpha value is -1.10. The molecule has 0 radical (unpaired) electrons. The topological polar surface area (TPSA) is 44.7 Å². The lowest BCUT2D eigenvalue weighted by atomic mass is 10.1. The Morgan fingerprint density at radius 1 is 1.48 bits per heavy atom. The molecule has 0 aliphatic carbocycles. The maximum atomic E-state index is 9.96. The highest BCUT2D eigenvalue weighted by Crippen LogP contribution is 2.14. The first-order chi connectivity index (χ1) is 10.2. The normalized spacial score (nSPS) is 20.6. The molecule has 1 aliphatic rings. The maximum absolute atomic E-state index is 9.96. The molecule has 4 nitrogen and oxygen atoms in total. The van der Waals surface area contributed by atoms with Gasteiger partial charge < -0.3 is 20.1 Å². The standard InChI is InChI=1S/C17H28N2O2/c1-3-14-5-4-6-17(9-14)21-13-16(20)11-18-10-15-7-8-19(2)12-15/h4-6,9,15-16,18,20H,3,7-8,10-13H2,1-2H3. The van der Waals surface area contributed by atoms with Gasteiger partial charge in [0, 0.05) is 13.1 Å². The molecule has 0 aromatic heterocycles. The van der Waals surface area contributed by atoms with Gasteiger partial charge >= 0.3 is 0 Å². The van der Waals surface area contributed by atoms with E-state index in [-0.39, 0.29) is 0 Å². The predicted molar refractivity (Wildman–Crippen MR) is 85.8 cm³/mol. The van der Waals surface area contributed by atoms with Gasteiger partial charge in [-0.2, -0.15) is 0 Å². The van der Waals surface area contributed by atoms with Crippen LogP contribution in [0.4, 0.5) is 0 Å². The molecule has 4 heteroatoms. The lowest BCUT2D eigenvalue weighted by molar-refractivity contribution is 0.105. The number of nitrogens with zero attached hydrogens (tertiary/aromatic N) is 1. The summed E-state index contributed by atoms with van der Waals surface area (Å²) in [6.45, 7) is 6.37. The van der Waals surface area contributed by atoms with E-state index in [2.05, 4.69) is 30.3 Å². The van der Waals surface area contributed by atoms with Crippen LogP contribution in [-0.2, 0) is 6.42 Å². The molecule has 2 rings (SSSR count). The zero-order valence-corrected chi connectivity index (χ0v) is 13.2. The van der Waals surface area contributed by atoms with E-state index in [9.17, 15) is 5.11 Å². The van der Waals surface area contributed by atoms with E-state index in [1.54, 1.807) is 0 Å². The lowest BCUT2D eigenvalue weighted by Gasteiger charge is -2.16. The summed E-state index contributed by atoms with van der Waals surface area (Å²) in [6, 6.07) is 8.06. The molecule has 1 heterocycles. The smallest absolute Gasteiger partial charge is 0.119 e. The summed E-state index contributed by atoms with van der Waals surface area (Å²) >= 11 is 0. The number of nitrogens with one attached hydrogen (secondary N) is 1. The number of likely N-dealkylation sites (tertiary alicyclic amines) is 1. The largest absolute Gasteiger partial charge is 0.491 e. The fourth-order valence-corrected chi connectivity index (χ4v) is 2.75. The van der Waals surface area contributed by atoms with Crippen molar-refractivity contribution in [2.24, 2.45) is 5.92 Å². The van der Waals surface area contributed by atoms with Crippen molar-refractivity contribution in [2.75, 3.05) is 39.8 Å². The van der Waals surface area contributed by atoms with Crippen LogP contribution in [0.5, 0.6) is 5.75 Å². The van der Waals surface area contributed by atoms with Crippen molar-refractivity contribution in [3.05, 3.63) is 29.8 Å². The van der Waals surface area contributed by atoms with E-state index < -0.39 is 6.10 Å². The third-order valence-corrected chi connectivity index (χ3v) is 4.05. The molecule has 0 bridgehead atoms. The van der Waals surface area contributed by atoms with E-state index >= 15 is 0 Å². The van der Waals surface area contributed by atoms with Crippen molar-refractivity contribution >= 4 is 0 Å². The van der Waals surface area contributed by atoms with Gasteiger partial charge in [-0.25, -0.2) is 0 Å². The lowest BCUT2D eigenvalue weighted by Crippen LogP contribution is -2.34. The molecule has 2 atom stereocenters. The average Bonchev–Trinajstić information content (AvgIpc) is 2.91. The van der Waals surface area contributed by atoms with Crippen molar-refractivity contribution in [2.45, 2.75) is 25.9 Å². The highest BCUT2D eigenvalue weighted by molar-refractivity contribution is 5.28. The third kappa shape index (κ3) is 5.65. The molecule has 1 aliphatic heterocycles. The minimum Gasteiger partial charge on any atom is -0.491 e. The van der Waals surface area contributed by atoms with Crippen LogP contribution < -0.4 is 10.1 Å². The molecule has 0 amide bonds. The van der Waals surface area contributed by atoms with Crippen LogP contribution >= 0.6 is 0 Å². The quantitative estimate of drug-likeness (QED) is 0.763. The fourth-order valence-electron chi connectivity index (χ4n) is 2.75. The summed E-state index contributed by atoms with van der Waals surface area (Å²) in [5.41, 5.74) is 1.26. The molecule has 0 saturated carbocycles. The van der Waals surface area contributed by atoms with Gasteiger partial charge in [0.15, 0.2) is 0 Å². The Balaban J connectivity index is 1.61. The first-order valence-electron chi connectivity index (χ1n) is 7.96. The summed E-state index contributed by atoms with van der Waals surface area (Å²) in [6.07, 6.45) is 1.78. The van der Waals surface area contributed by atoms with Gasteiger partial charge in [0.25, 0.3) is 0 Å². The van der Waals surface area contributed by atoms with E-state index in [0.29, 0.717) is 19.1 Å². The zero-order chi connectivity index (χ0) is 15.1. The second-order valence-corrected chi connectivity index (χ2v) is 6.04. The summed E-state index contributed by atoms with van der Waals surface area (Å²) < 4.78 is 5.65. The van der Waals surface area contributed by atoms with Gasteiger partial charge in [-0.05, 0) is 56.6 Å². The molecular formula is C17H28N2O2. The molecule has 21 heavy (non-hydrogen) atoms. The Morgan fingerprint density at radius 2 is 2.33 bits per heavy atom. The minimum absolute atomic E-state index is 0.338. The summed E-state index contributed by atoms with van der Waals surface area (Å²) in [7, 11) is 2.16. The van der Waals surface area contributed by atoms with Gasteiger partial charge in [-0.15, -0.1) is 0 Å². The Kier molecular flexibility index (Phi) is 6.49. The molecule has 2 unspecified atom stereocenters. The highest BCUT2D eigenvalue weighted by atomic mass is 16.5. The number of aryl methyl sites for hydroxylation is 1. The number of hydrogen-bond acceptors (Lipinski definition) is 4. The van der Waals surface area contributed by atoms with Crippen molar-refractivity contribution in [3.8, 4) is 5.75 Å². The monoisotopic (exact) mass is 292 g/mol. The number of ether oxygens (including phenoxy) is 1. The molecule has 0 spiro atoms. The maximum Gasteiger partial charge on any atom is 0.119 e. The molecule has 1 fully saturated rings. The van der Waals surface area contributed by atoms with Crippen LogP contribution in [-0.4, -0.2) is 55.9 Å². The van der Waals surface area contributed by atoms with Gasteiger partial charge in [0.2, 0.25) is 0 Å². The van der Waals surface area contributed by atoms with Crippen LogP contribution in [0.3, 0.4) is 0 Å². The van der Waals surface area contributed by atoms with E-state index in [1.165, 1.54) is 18.5 Å². The Labute approximate surface area is 128 Å². The van der Waals surface area contributed by atoms with Crippen molar-refractivity contribution in [1.29, 1.82) is 0 Å². The van der Waals surface area contributed by atoms with Crippen LogP contribution in [0.2, 0.25) is 0 Å². The number of benzene rings is 1. The number of hydrogen-bond donors (Lipinski definition) is 2. The fraction of sp³-hybridized carbons (Fsp3) is 0.647. The van der Waals surface area contributed by atoms with Crippen molar-refractivity contribution in [1.82, 2.24) is 10.2 Å². The predicted octanol–water partition coefficient (Wildman–Crippen LogP) is 1.53. The average molecular weight is 292 g/mol. The van der Waals surface area contributed by atoms with Crippen LogP contribution in [0.15, 0.2) is 24.3 Å². The second kappa shape index (κ2) is 8.37. The minimum atomic E-state index is -0.464. The zero-order valence-electron chi connectivity index (χ0n) is 13.2. The van der Waals surface area contributed by atoms with E-state index in [1.807, 2.05) is 18.2 Å². The van der Waals surface area contributed by atoms with Crippen LogP contribution in [0.1, 0.15) is 18.9 Å². The second-order valence-electron chi connectivity index (χ2n) is 6.04.